The lowest BCUT2D eigenvalue weighted by molar-refractivity contribution is 0.302. The van der Waals surface area contributed by atoms with Gasteiger partial charge in [0.15, 0.2) is 0 Å². The van der Waals surface area contributed by atoms with Crippen molar-refractivity contribution in [1.29, 1.82) is 0 Å². The predicted octanol–water partition coefficient (Wildman–Crippen LogP) is 4.17. The molecule has 0 aliphatic rings. The summed E-state index contributed by atoms with van der Waals surface area (Å²) >= 11 is 0. The highest BCUT2D eigenvalue weighted by atomic mass is 19.1. The van der Waals surface area contributed by atoms with Crippen LogP contribution in [0.3, 0.4) is 0 Å². The first kappa shape index (κ1) is 15.2. The second-order valence-electron chi connectivity index (χ2n) is 5.79. The van der Waals surface area contributed by atoms with Gasteiger partial charge in [0.05, 0.1) is 0 Å². The van der Waals surface area contributed by atoms with Crippen LogP contribution in [0.2, 0.25) is 0 Å². The Labute approximate surface area is 111 Å². The molecule has 0 saturated carbocycles. The van der Waals surface area contributed by atoms with E-state index < -0.39 is 0 Å². The minimum atomic E-state index is -0.151. The van der Waals surface area contributed by atoms with Crippen molar-refractivity contribution in [2.24, 2.45) is 5.41 Å². The van der Waals surface area contributed by atoms with Crippen LogP contribution in [0.4, 0.5) is 4.39 Å². The minimum absolute atomic E-state index is 0.151. The molecule has 0 spiro atoms. The quantitative estimate of drug-likeness (QED) is 0.684. The molecule has 1 rings (SSSR count). The molecule has 2 heteroatoms. The predicted molar refractivity (Wildman–Crippen MR) is 76.3 cm³/mol. The Kier molecular flexibility index (Phi) is 6.34. The molecule has 0 amide bonds. The van der Waals surface area contributed by atoms with Crippen LogP contribution in [-0.2, 0) is 6.42 Å². The van der Waals surface area contributed by atoms with Crippen molar-refractivity contribution in [2.45, 2.75) is 46.5 Å². The average Bonchev–Trinajstić information content (AvgIpc) is 2.34. The van der Waals surface area contributed by atoms with Crippen LogP contribution in [0.1, 0.15) is 45.6 Å². The first-order valence-corrected chi connectivity index (χ1v) is 6.99. The van der Waals surface area contributed by atoms with Crippen LogP contribution in [0.5, 0.6) is 0 Å². The third-order valence-electron chi connectivity index (χ3n) is 3.41. The normalized spacial score (nSPS) is 11.8. The van der Waals surface area contributed by atoms with Crippen molar-refractivity contribution in [3.63, 3.8) is 0 Å². The zero-order chi connectivity index (χ0) is 13.4. The van der Waals surface area contributed by atoms with Crippen molar-refractivity contribution in [1.82, 2.24) is 5.32 Å². The van der Waals surface area contributed by atoms with Crippen LogP contribution >= 0.6 is 0 Å². The number of hydrogen-bond acceptors (Lipinski definition) is 1. The topological polar surface area (TPSA) is 12.0 Å². The van der Waals surface area contributed by atoms with Crippen LogP contribution in [0.15, 0.2) is 24.3 Å². The van der Waals surface area contributed by atoms with Crippen LogP contribution in [-0.4, -0.2) is 13.1 Å². The van der Waals surface area contributed by atoms with Gasteiger partial charge in [-0.3, -0.25) is 0 Å². The van der Waals surface area contributed by atoms with Crippen molar-refractivity contribution < 1.29 is 4.39 Å². The molecule has 1 N–H and O–H groups in total. The molecule has 102 valence electrons. The fourth-order valence-corrected chi connectivity index (χ4v) is 1.99. The number of benzene rings is 1. The van der Waals surface area contributed by atoms with Gasteiger partial charge in [0.1, 0.15) is 5.82 Å². The zero-order valence-electron chi connectivity index (χ0n) is 11.9. The smallest absolute Gasteiger partial charge is 0.123 e. The molecule has 1 nitrogen and oxygen atoms in total. The van der Waals surface area contributed by atoms with E-state index in [2.05, 4.69) is 26.1 Å². The van der Waals surface area contributed by atoms with Gasteiger partial charge in [0.2, 0.25) is 0 Å². The van der Waals surface area contributed by atoms with E-state index >= 15 is 0 Å². The van der Waals surface area contributed by atoms with Crippen LogP contribution in [0, 0.1) is 11.2 Å². The summed E-state index contributed by atoms with van der Waals surface area (Å²) in [7, 11) is 0. The molecule has 0 aromatic heterocycles. The fourth-order valence-electron chi connectivity index (χ4n) is 1.99. The third-order valence-corrected chi connectivity index (χ3v) is 3.41. The monoisotopic (exact) mass is 251 g/mol. The Balaban J connectivity index is 2.29. The number of nitrogens with one attached hydrogen (secondary N) is 1. The average molecular weight is 251 g/mol. The lowest BCUT2D eigenvalue weighted by Gasteiger charge is -2.24. The molecule has 0 atom stereocenters. The number of hydrogen-bond donors (Lipinski definition) is 1. The van der Waals surface area contributed by atoms with E-state index in [0.29, 0.717) is 5.41 Å². The van der Waals surface area contributed by atoms with Crippen molar-refractivity contribution in [2.75, 3.05) is 13.1 Å². The highest BCUT2D eigenvalue weighted by Crippen LogP contribution is 2.26. The Morgan fingerprint density at radius 3 is 2.33 bits per heavy atom. The molecular weight excluding hydrogens is 225 g/mol. The maximum absolute atomic E-state index is 12.8. The lowest BCUT2D eigenvalue weighted by Crippen LogP contribution is -2.23. The summed E-state index contributed by atoms with van der Waals surface area (Å²) in [5, 5.41) is 3.45. The largest absolute Gasteiger partial charge is 0.317 e. The molecule has 1 aromatic carbocycles. The highest BCUT2D eigenvalue weighted by Gasteiger charge is 2.16. The molecule has 0 fully saturated rings. The van der Waals surface area contributed by atoms with Gasteiger partial charge in [0, 0.05) is 0 Å². The molecule has 0 saturated heterocycles. The molecule has 0 bridgehead atoms. The van der Waals surface area contributed by atoms with E-state index in [-0.39, 0.29) is 5.82 Å². The van der Waals surface area contributed by atoms with Crippen LogP contribution < -0.4 is 5.32 Å². The van der Waals surface area contributed by atoms with Gasteiger partial charge in [-0.1, -0.05) is 32.9 Å². The fraction of sp³-hybridized carbons (Fsp3) is 0.625. The van der Waals surface area contributed by atoms with Gasteiger partial charge in [-0.2, -0.15) is 0 Å². The van der Waals surface area contributed by atoms with E-state index in [4.69, 9.17) is 0 Å². The molecule has 1 aromatic rings. The number of aryl methyl sites for hydroxylation is 1. The van der Waals surface area contributed by atoms with Gasteiger partial charge in [-0.25, -0.2) is 4.39 Å². The summed E-state index contributed by atoms with van der Waals surface area (Å²) in [6.07, 6.45) is 4.55. The highest BCUT2D eigenvalue weighted by molar-refractivity contribution is 5.16. The zero-order valence-corrected chi connectivity index (χ0v) is 11.9. The molecular formula is C16H26FN. The van der Waals surface area contributed by atoms with Crippen LogP contribution in [0.25, 0.3) is 0 Å². The van der Waals surface area contributed by atoms with E-state index in [1.165, 1.54) is 18.4 Å². The number of rotatable bonds is 8. The van der Waals surface area contributed by atoms with Crippen molar-refractivity contribution >= 4 is 0 Å². The summed E-state index contributed by atoms with van der Waals surface area (Å²) in [5.41, 5.74) is 1.57. The minimum Gasteiger partial charge on any atom is -0.317 e. The third kappa shape index (κ3) is 6.15. The Morgan fingerprint density at radius 1 is 1.06 bits per heavy atom. The maximum atomic E-state index is 12.8. The van der Waals surface area contributed by atoms with Gasteiger partial charge in [-0.15, -0.1) is 0 Å². The van der Waals surface area contributed by atoms with E-state index in [1.807, 2.05) is 12.1 Å². The van der Waals surface area contributed by atoms with E-state index in [9.17, 15) is 4.39 Å². The first-order chi connectivity index (χ1) is 8.53. The van der Waals surface area contributed by atoms with Gasteiger partial charge in [-0.05, 0) is 61.9 Å². The van der Waals surface area contributed by atoms with Gasteiger partial charge >= 0.3 is 0 Å². The SMILES string of the molecule is CCCNCCC(C)(C)CCc1ccc(F)cc1. The molecule has 0 aliphatic carbocycles. The lowest BCUT2D eigenvalue weighted by atomic mass is 9.83. The molecule has 0 heterocycles. The summed E-state index contributed by atoms with van der Waals surface area (Å²) in [5.74, 6) is -0.151. The van der Waals surface area contributed by atoms with Gasteiger partial charge < -0.3 is 5.32 Å². The van der Waals surface area contributed by atoms with Gasteiger partial charge in [0.25, 0.3) is 0 Å². The molecule has 18 heavy (non-hydrogen) atoms. The second-order valence-corrected chi connectivity index (χ2v) is 5.79. The summed E-state index contributed by atoms with van der Waals surface area (Å²) in [6, 6.07) is 6.87. The van der Waals surface area contributed by atoms with E-state index in [0.717, 1.165) is 25.9 Å². The first-order valence-electron chi connectivity index (χ1n) is 6.99. The molecule has 0 unspecified atom stereocenters. The Bertz CT molecular complexity index is 329. The second kappa shape index (κ2) is 7.52. The molecule has 0 aliphatic heterocycles. The maximum Gasteiger partial charge on any atom is 0.123 e. The summed E-state index contributed by atoms with van der Waals surface area (Å²) in [4.78, 5) is 0. The number of halogens is 1. The standard InChI is InChI=1S/C16H26FN/c1-4-12-18-13-11-16(2,3)10-9-14-5-7-15(17)8-6-14/h5-8,18H,4,9-13H2,1-3H3. The Hall–Kier alpha value is -0.890. The summed E-state index contributed by atoms with van der Waals surface area (Å²) < 4.78 is 12.8. The van der Waals surface area contributed by atoms with Crippen molar-refractivity contribution in [3.8, 4) is 0 Å². The van der Waals surface area contributed by atoms with Crippen molar-refractivity contribution in [3.05, 3.63) is 35.6 Å². The van der Waals surface area contributed by atoms with E-state index in [1.54, 1.807) is 12.1 Å². The summed E-state index contributed by atoms with van der Waals surface area (Å²) in [6.45, 7) is 9.00. The Morgan fingerprint density at radius 2 is 1.72 bits per heavy atom. The molecule has 0 radical (unpaired) electrons.